The molecule has 3 amide bonds. The Morgan fingerprint density at radius 1 is 1.14 bits per heavy atom. The molecule has 1 aliphatic heterocycles. The standard InChI is InChI=1S/C20H19N5O2S/c1-13-5-4-6-14(11-13)22-20(27)25-10-8-15-17(12-25)28-19(23-15)24-18(26)16-7-2-3-9-21-16/h2-7,9,11H,8,10,12H2,1H3,(H,22,27)(H,23,24,26). The molecule has 7 nitrogen and oxygen atoms in total. The van der Waals surface area contributed by atoms with Gasteiger partial charge in [0.15, 0.2) is 5.13 Å². The van der Waals surface area contributed by atoms with Gasteiger partial charge in [-0.2, -0.15) is 0 Å². The number of fused-ring (bicyclic) bond motifs is 1. The third kappa shape index (κ3) is 4.01. The number of benzene rings is 1. The Morgan fingerprint density at radius 2 is 2.04 bits per heavy atom. The van der Waals surface area contributed by atoms with Gasteiger partial charge in [-0.1, -0.05) is 29.5 Å². The van der Waals surface area contributed by atoms with E-state index in [2.05, 4.69) is 20.6 Å². The quantitative estimate of drug-likeness (QED) is 0.710. The minimum absolute atomic E-state index is 0.135. The lowest BCUT2D eigenvalue weighted by atomic mass is 10.2. The van der Waals surface area contributed by atoms with Crippen LogP contribution in [-0.4, -0.2) is 33.4 Å². The molecule has 3 heterocycles. The molecule has 2 N–H and O–H groups in total. The fourth-order valence-corrected chi connectivity index (χ4v) is 4.02. The minimum Gasteiger partial charge on any atom is -0.319 e. The van der Waals surface area contributed by atoms with Gasteiger partial charge in [0.2, 0.25) is 0 Å². The number of carbonyl (C=O) groups is 2. The van der Waals surface area contributed by atoms with Crippen molar-refractivity contribution in [2.24, 2.45) is 0 Å². The molecule has 0 bridgehead atoms. The van der Waals surface area contributed by atoms with Crippen LogP contribution in [0.2, 0.25) is 0 Å². The van der Waals surface area contributed by atoms with E-state index in [0.717, 1.165) is 21.8 Å². The Labute approximate surface area is 166 Å². The summed E-state index contributed by atoms with van der Waals surface area (Å²) in [6.45, 7) is 3.05. The summed E-state index contributed by atoms with van der Waals surface area (Å²) in [7, 11) is 0. The highest BCUT2D eigenvalue weighted by Gasteiger charge is 2.25. The molecule has 0 atom stereocenters. The maximum absolute atomic E-state index is 12.6. The maximum atomic E-state index is 12.6. The van der Waals surface area contributed by atoms with E-state index in [1.54, 1.807) is 29.3 Å². The molecule has 3 aromatic rings. The zero-order valence-corrected chi connectivity index (χ0v) is 16.1. The van der Waals surface area contributed by atoms with Gasteiger partial charge in [0, 0.05) is 29.7 Å². The minimum atomic E-state index is -0.291. The summed E-state index contributed by atoms with van der Waals surface area (Å²) in [6, 6.07) is 12.8. The summed E-state index contributed by atoms with van der Waals surface area (Å²) in [5.41, 5.74) is 3.15. The van der Waals surface area contributed by atoms with Crippen LogP contribution in [0.15, 0.2) is 48.7 Å². The molecule has 0 radical (unpaired) electrons. The number of thiazole rings is 1. The number of urea groups is 1. The molecule has 0 fully saturated rings. The van der Waals surface area contributed by atoms with Crippen LogP contribution in [0.25, 0.3) is 0 Å². The number of anilines is 2. The predicted molar refractivity (Wildman–Crippen MR) is 109 cm³/mol. The molecule has 2 aromatic heterocycles. The number of hydrogen-bond donors (Lipinski definition) is 2. The zero-order chi connectivity index (χ0) is 19.5. The average molecular weight is 393 g/mol. The van der Waals surface area contributed by atoms with Gasteiger partial charge in [-0.3, -0.25) is 15.1 Å². The van der Waals surface area contributed by atoms with Crippen molar-refractivity contribution in [1.29, 1.82) is 0 Å². The van der Waals surface area contributed by atoms with Crippen LogP contribution in [0.4, 0.5) is 15.6 Å². The molecular formula is C20H19N5O2S. The van der Waals surface area contributed by atoms with Gasteiger partial charge in [-0.15, -0.1) is 0 Å². The largest absolute Gasteiger partial charge is 0.322 e. The van der Waals surface area contributed by atoms with Crippen molar-refractivity contribution in [2.75, 3.05) is 17.2 Å². The third-order valence-corrected chi connectivity index (χ3v) is 5.40. The number of hydrogen-bond acceptors (Lipinski definition) is 5. The molecule has 1 aliphatic rings. The highest BCUT2D eigenvalue weighted by Crippen LogP contribution is 2.29. The number of nitrogens with one attached hydrogen (secondary N) is 2. The van der Waals surface area contributed by atoms with Crippen LogP contribution in [-0.2, 0) is 13.0 Å². The summed E-state index contributed by atoms with van der Waals surface area (Å²) in [5.74, 6) is -0.291. The van der Waals surface area contributed by atoms with Crippen molar-refractivity contribution in [1.82, 2.24) is 14.9 Å². The molecule has 0 saturated carbocycles. The number of pyridine rings is 1. The Bertz CT molecular complexity index is 1020. The fraction of sp³-hybridized carbons (Fsp3) is 0.200. The summed E-state index contributed by atoms with van der Waals surface area (Å²) in [4.78, 5) is 36.1. The van der Waals surface area contributed by atoms with Gasteiger partial charge in [0.1, 0.15) is 5.69 Å². The summed E-state index contributed by atoms with van der Waals surface area (Å²) < 4.78 is 0. The van der Waals surface area contributed by atoms with Crippen LogP contribution in [0.1, 0.15) is 26.6 Å². The molecule has 142 valence electrons. The van der Waals surface area contributed by atoms with E-state index in [1.165, 1.54) is 11.3 Å². The first-order chi connectivity index (χ1) is 13.6. The van der Waals surface area contributed by atoms with Gasteiger partial charge in [-0.25, -0.2) is 9.78 Å². The van der Waals surface area contributed by atoms with E-state index in [9.17, 15) is 9.59 Å². The predicted octanol–water partition coefficient (Wildman–Crippen LogP) is 3.69. The lowest BCUT2D eigenvalue weighted by molar-refractivity contribution is 0.102. The third-order valence-electron chi connectivity index (χ3n) is 4.41. The Morgan fingerprint density at radius 3 is 2.82 bits per heavy atom. The van der Waals surface area contributed by atoms with Crippen LogP contribution >= 0.6 is 11.3 Å². The van der Waals surface area contributed by atoms with E-state index in [0.29, 0.717) is 30.3 Å². The second-order valence-corrected chi connectivity index (χ2v) is 7.61. The van der Waals surface area contributed by atoms with E-state index in [1.807, 2.05) is 31.2 Å². The van der Waals surface area contributed by atoms with Crippen molar-refractivity contribution in [3.05, 3.63) is 70.5 Å². The summed E-state index contributed by atoms with van der Waals surface area (Å²) in [5, 5.41) is 6.26. The summed E-state index contributed by atoms with van der Waals surface area (Å²) >= 11 is 1.40. The molecule has 4 rings (SSSR count). The van der Waals surface area contributed by atoms with Crippen molar-refractivity contribution in [3.63, 3.8) is 0 Å². The highest BCUT2D eigenvalue weighted by molar-refractivity contribution is 7.15. The number of nitrogens with zero attached hydrogens (tertiary/aromatic N) is 3. The maximum Gasteiger partial charge on any atom is 0.322 e. The van der Waals surface area contributed by atoms with Crippen molar-refractivity contribution in [3.8, 4) is 0 Å². The summed E-state index contributed by atoms with van der Waals surface area (Å²) in [6.07, 6.45) is 2.24. The van der Waals surface area contributed by atoms with Crippen molar-refractivity contribution >= 4 is 34.1 Å². The molecule has 0 spiro atoms. The van der Waals surface area contributed by atoms with E-state index in [4.69, 9.17) is 0 Å². The number of amides is 3. The van der Waals surface area contributed by atoms with Gasteiger partial charge < -0.3 is 10.2 Å². The molecular weight excluding hydrogens is 374 g/mol. The van der Waals surface area contributed by atoms with E-state index in [-0.39, 0.29) is 11.9 Å². The SMILES string of the molecule is Cc1cccc(NC(=O)N2CCc3nc(NC(=O)c4ccccn4)sc3C2)c1. The molecule has 28 heavy (non-hydrogen) atoms. The van der Waals surface area contributed by atoms with Crippen LogP contribution < -0.4 is 10.6 Å². The number of aryl methyl sites for hydroxylation is 1. The molecule has 1 aromatic carbocycles. The Kier molecular flexibility index (Phi) is 5.03. The normalized spacial score (nSPS) is 13.0. The zero-order valence-electron chi connectivity index (χ0n) is 15.3. The second kappa shape index (κ2) is 7.77. The van der Waals surface area contributed by atoms with Crippen molar-refractivity contribution < 1.29 is 9.59 Å². The fourth-order valence-electron chi connectivity index (χ4n) is 3.01. The number of rotatable bonds is 3. The molecule has 0 aliphatic carbocycles. The van der Waals surface area contributed by atoms with Crippen LogP contribution in [0.3, 0.4) is 0 Å². The highest BCUT2D eigenvalue weighted by atomic mass is 32.1. The molecule has 0 saturated heterocycles. The first kappa shape index (κ1) is 18.1. The van der Waals surface area contributed by atoms with Crippen molar-refractivity contribution in [2.45, 2.75) is 19.9 Å². The first-order valence-electron chi connectivity index (χ1n) is 8.92. The lowest BCUT2D eigenvalue weighted by Gasteiger charge is -2.26. The lowest BCUT2D eigenvalue weighted by Crippen LogP contribution is -2.38. The topological polar surface area (TPSA) is 87.2 Å². The number of carbonyl (C=O) groups excluding carboxylic acids is 2. The Hall–Kier alpha value is -3.26. The number of aromatic nitrogens is 2. The van der Waals surface area contributed by atoms with E-state index >= 15 is 0 Å². The average Bonchev–Trinajstić information content (AvgIpc) is 3.10. The Balaban J connectivity index is 1.41. The van der Waals surface area contributed by atoms with Gasteiger partial charge >= 0.3 is 6.03 Å². The smallest absolute Gasteiger partial charge is 0.319 e. The van der Waals surface area contributed by atoms with Crippen LogP contribution in [0.5, 0.6) is 0 Å². The van der Waals surface area contributed by atoms with Gasteiger partial charge in [0.25, 0.3) is 5.91 Å². The van der Waals surface area contributed by atoms with E-state index < -0.39 is 0 Å². The first-order valence-corrected chi connectivity index (χ1v) is 9.74. The van der Waals surface area contributed by atoms with Gasteiger partial charge in [-0.05, 0) is 36.8 Å². The molecule has 8 heteroatoms. The molecule has 0 unspecified atom stereocenters. The monoisotopic (exact) mass is 393 g/mol. The van der Waals surface area contributed by atoms with Gasteiger partial charge in [0.05, 0.1) is 12.2 Å². The van der Waals surface area contributed by atoms with Crippen LogP contribution in [0, 0.1) is 6.92 Å². The second-order valence-electron chi connectivity index (χ2n) is 6.53.